The molecule has 1 aliphatic carbocycles. The van der Waals surface area contributed by atoms with Crippen molar-refractivity contribution >= 4 is 16.2 Å². The Labute approximate surface area is 151 Å². The van der Waals surface area contributed by atoms with Crippen molar-refractivity contribution in [2.24, 2.45) is 5.92 Å². The molecule has 0 unspecified atom stereocenters. The van der Waals surface area contributed by atoms with E-state index in [-0.39, 0.29) is 6.09 Å². The lowest BCUT2D eigenvalue weighted by Crippen LogP contribution is -2.53. The van der Waals surface area contributed by atoms with Crippen molar-refractivity contribution in [3.05, 3.63) is 0 Å². The van der Waals surface area contributed by atoms with Crippen molar-refractivity contribution in [2.45, 2.75) is 58.1 Å². The summed E-state index contributed by atoms with van der Waals surface area (Å²) in [5, 5.41) is 0. The number of piperazine rings is 1. The van der Waals surface area contributed by atoms with Crippen LogP contribution in [0.2, 0.25) is 0 Å². The number of nitrogens with zero attached hydrogens (tertiary/aromatic N) is 2. The summed E-state index contributed by atoms with van der Waals surface area (Å²) in [6, 6.07) is 0.523. The highest BCUT2D eigenvalue weighted by Crippen LogP contribution is 2.29. The van der Waals surface area contributed by atoms with Crippen LogP contribution in [0.3, 0.4) is 0 Å². The second-order valence-electron chi connectivity index (χ2n) is 8.17. The molecule has 7 nitrogen and oxygen atoms in total. The molecule has 0 spiro atoms. The summed E-state index contributed by atoms with van der Waals surface area (Å²) in [5.74, 6) is 0.328. The van der Waals surface area contributed by atoms with Crippen molar-refractivity contribution in [3.8, 4) is 0 Å². The molecule has 0 bridgehead atoms. The summed E-state index contributed by atoms with van der Waals surface area (Å²) in [7, 11) is -3.34. The zero-order valence-electron chi connectivity index (χ0n) is 15.9. The zero-order valence-corrected chi connectivity index (χ0v) is 16.7. The Morgan fingerprint density at radius 1 is 1.04 bits per heavy atom. The van der Waals surface area contributed by atoms with Crippen molar-refractivity contribution in [2.75, 3.05) is 39.0 Å². The number of carbonyl (C=O) groups is 1. The van der Waals surface area contributed by atoms with Crippen molar-refractivity contribution in [1.29, 1.82) is 0 Å². The molecule has 1 aliphatic heterocycles. The fraction of sp³-hybridized carbons (Fsp3) is 0.941. The molecule has 0 aromatic carbocycles. The van der Waals surface area contributed by atoms with E-state index in [4.69, 9.17) is 8.92 Å². The first-order valence-corrected chi connectivity index (χ1v) is 10.9. The van der Waals surface area contributed by atoms with Gasteiger partial charge in [0.05, 0.1) is 12.9 Å². The van der Waals surface area contributed by atoms with Crippen molar-refractivity contribution < 1.29 is 22.1 Å². The summed E-state index contributed by atoms with van der Waals surface area (Å²) in [6.07, 6.45) is 4.98. The van der Waals surface area contributed by atoms with Gasteiger partial charge in [-0.2, -0.15) is 8.42 Å². The molecule has 0 N–H and O–H groups in total. The van der Waals surface area contributed by atoms with E-state index in [1.807, 2.05) is 20.8 Å². The van der Waals surface area contributed by atoms with E-state index < -0.39 is 15.7 Å². The molecule has 146 valence electrons. The highest BCUT2D eigenvalue weighted by atomic mass is 32.2. The molecule has 2 aliphatic rings. The van der Waals surface area contributed by atoms with Crippen LogP contribution < -0.4 is 0 Å². The standard InChI is InChI=1S/C17H32N2O5S/c1-17(2,3)24-16(20)19-11-9-18(10-12-19)15-7-5-14(6-8-15)13-23-25(4,21)22/h14-15H,5-13H2,1-4H3/t14-,15-. The van der Waals surface area contributed by atoms with Gasteiger partial charge in [-0.15, -0.1) is 0 Å². The summed E-state index contributed by atoms with van der Waals surface area (Å²) in [6.45, 7) is 9.09. The third kappa shape index (κ3) is 7.11. The van der Waals surface area contributed by atoms with E-state index in [1.54, 1.807) is 4.90 Å². The van der Waals surface area contributed by atoms with Crippen LogP contribution in [0.1, 0.15) is 46.5 Å². The van der Waals surface area contributed by atoms with Gasteiger partial charge in [-0.25, -0.2) is 4.79 Å². The Morgan fingerprint density at radius 3 is 2.08 bits per heavy atom. The summed E-state index contributed by atoms with van der Waals surface area (Å²) < 4.78 is 32.5. The number of ether oxygens (including phenoxy) is 1. The maximum Gasteiger partial charge on any atom is 0.410 e. The molecule has 8 heteroatoms. The molecule has 0 aromatic rings. The van der Waals surface area contributed by atoms with E-state index >= 15 is 0 Å². The lowest BCUT2D eigenvalue weighted by molar-refractivity contribution is 0.00655. The van der Waals surface area contributed by atoms with Gasteiger partial charge in [0, 0.05) is 32.2 Å². The van der Waals surface area contributed by atoms with Gasteiger partial charge in [0.2, 0.25) is 0 Å². The van der Waals surface area contributed by atoms with E-state index in [2.05, 4.69) is 4.90 Å². The first-order valence-electron chi connectivity index (χ1n) is 9.10. The van der Waals surface area contributed by atoms with E-state index in [0.717, 1.165) is 45.0 Å². The lowest BCUT2D eigenvalue weighted by Gasteiger charge is -2.42. The lowest BCUT2D eigenvalue weighted by atomic mass is 9.85. The molecule has 0 aromatic heterocycles. The molecule has 2 fully saturated rings. The molecule has 1 heterocycles. The number of amides is 1. The van der Waals surface area contributed by atoms with Gasteiger partial charge < -0.3 is 9.64 Å². The van der Waals surface area contributed by atoms with Gasteiger partial charge >= 0.3 is 6.09 Å². The predicted molar refractivity (Wildman–Crippen MR) is 95.9 cm³/mol. The van der Waals surface area contributed by atoms with E-state index in [0.29, 0.717) is 31.7 Å². The van der Waals surface area contributed by atoms with Gasteiger partial charge in [-0.05, 0) is 52.4 Å². The Bertz CT molecular complexity index is 542. The summed E-state index contributed by atoms with van der Waals surface area (Å²) in [5.41, 5.74) is -0.458. The maximum atomic E-state index is 12.1. The Hall–Kier alpha value is -0.860. The molecule has 1 saturated heterocycles. The quantitative estimate of drug-likeness (QED) is 0.699. The Kier molecular flexibility index (Phi) is 6.73. The molecule has 25 heavy (non-hydrogen) atoms. The minimum Gasteiger partial charge on any atom is -0.444 e. The van der Waals surface area contributed by atoms with Crippen LogP contribution in [0.15, 0.2) is 0 Å². The summed E-state index contributed by atoms with van der Waals surface area (Å²) in [4.78, 5) is 16.4. The third-order valence-corrected chi connectivity index (χ3v) is 5.38. The Morgan fingerprint density at radius 2 is 1.60 bits per heavy atom. The number of hydrogen-bond acceptors (Lipinski definition) is 6. The number of hydrogen-bond donors (Lipinski definition) is 0. The van der Waals surface area contributed by atoms with Gasteiger partial charge in [0.25, 0.3) is 10.1 Å². The largest absolute Gasteiger partial charge is 0.444 e. The van der Waals surface area contributed by atoms with Gasteiger partial charge in [-0.1, -0.05) is 0 Å². The van der Waals surface area contributed by atoms with E-state index in [9.17, 15) is 13.2 Å². The molecular formula is C17H32N2O5S. The van der Waals surface area contributed by atoms with Crippen LogP contribution in [0.4, 0.5) is 4.79 Å². The van der Waals surface area contributed by atoms with Crippen LogP contribution in [-0.2, 0) is 19.0 Å². The highest BCUT2D eigenvalue weighted by molar-refractivity contribution is 7.85. The third-order valence-electron chi connectivity index (χ3n) is 4.82. The number of rotatable bonds is 4. The molecular weight excluding hydrogens is 344 g/mol. The smallest absolute Gasteiger partial charge is 0.410 e. The Balaban J connectivity index is 1.71. The minimum atomic E-state index is -3.34. The van der Waals surface area contributed by atoms with Gasteiger partial charge in [0.1, 0.15) is 5.60 Å². The fourth-order valence-electron chi connectivity index (χ4n) is 3.49. The van der Waals surface area contributed by atoms with Crippen LogP contribution >= 0.6 is 0 Å². The van der Waals surface area contributed by atoms with Crippen LogP contribution in [-0.4, -0.2) is 75.0 Å². The monoisotopic (exact) mass is 376 g/mol. The molecule has 1 saturated carbocycles. The molecule has 1 amide bonds. The molecule has 0 atom stereocenters. The molecule has 2 rings (SSSR count). The average molecular weight is 377 g/mol. The van der Waals surface area contributed by atoms with Crippen LogP contribution in [0.5, 0.6) is 0 Å². The zero-order chi connectivity index (χ0) is 18.7. The minimum absolute atomic E-state index is 0.228. The van der Waals surface area contributed by atoms with Crippen LogP contribution in [0.25, 0.3) is 0 Å². The normalized spacial score (nSPS) is 26.5. The number of carbonyl (C=O) groups excluding carboxylic acids is 1. The average Bonchev–Trinajstić information content (AvgIpc) is 2.51. The predicted octanol–water partition coefficient (Wildman–Crippen LogP) is 2.07. The maximum absolute atomic E-state index is 12.1. The first kappa shape index (κ1) is 20.5. The van der Waals surface area contributed by atoms with E-state index in [1.165, 1.54) is 0 Å². The van der Waals surface area contributed by atoms with Crippen molar-refractivity contribution in [1.82, 2.24) is 9.80 Å². The van der Waals surface area contributed by atoms with Gasteiger partial charge in [0.15, 0.2) is 0 Å². The van der Waals surface area contributed by atoms with Crippen molar-refractivity contribution in [3.63, 3.8) is 0 Å². The molecule has 0 radical (unpaired) electrons. The topological polar surface area (TPSA) is 76.2 Å². The van der Waals surface area contributed by atoms with Crippen LogP contribution in [0, 0.1) is 5.92 Å². The van der Waals surface area contributed by atoms with Gasteiger partial charge in [-0.3, -0.25) is 9.08 Å². The summed E-state index contributed by atoms with van der Waals surface area (Å²) >= 11 is 0. The first-order chi connectivity index (χ1) is 11.5. The fourth-order valence-corrected chi connectivity index (χ4v) is 3.93. The highest BCUT2D eigenvalue weighted by Gasteiger charge is 2.31. The second kappa shape index (κ2) is 8.22. The SMILES string of the molecule is CC(C)(C)OC(=O)N1CCN([C@H]2CC[C@H](COS(C)(=O)=O)CC2)CC1. The second-order valence-corrected chi connectivity index (χ2v) is 9.81.